The van der Waals surface area contributed by atoms with Gasteiger partial charge in [0.05, 0.1) is 11.9 Å². The van der Waals surface area contributed by atoms with Crippen LogP contribution >= 0.6 is 0 Å². The van der Waals surface area contributed by atoms with Crippen LogP contribution in [-0.2, 0) is 0 Å². The molecule has 2 aliphatic heterocycles. The van der Waals surface area contributed by atoms with Crippen molar-refractivity contribution in [2.75, 3.05) is 38.0 Å². The highest BCUT2D eigenvalue weighted by Crippen LogP contribution is 2.27. The van der Waals surface area contributed by atoms with Crippen LogP contribution in [0.25, 0.3) is 23.0 Å². The quantitative estimate of drug-likeness (QED) is 0.723. The Hall–Kier alpha value is -3.45. The van der Waals surface area contributed by atoms with E-state index in [9.17, 15) is 4.79 Å². The number of nitrogens with zero attached hydrogens (tertiary/aromatic N) is 4. The second-order valence-corrected chi connectivity index (χ2v) is 7.22. The molecule has 3 heterocycles. The maximum Gasteiger partial charge on any atom is 0.253 e. The zero-order valence-corrected chi connectivity index (χ0v) is 16.0. The van der Waals surface area contributed by atoms with E-state index in [4.69, 9.17) is 0 Å². The number of amides is 1. The molecule has 146 valence electrons. The molecule has 2 aromatic carbocycles. The van der Waals surface area contributed by atoms with Crippen LogP contribution in [0.1, 0.15) is 15.9 Å². The van der Waals surface area contributed by atoms with Crippen LogP contribution < -0.4 is 10.6 Å². The molecule has 0 atom stereocenters. The molecule has 1 fully saturated rings. The molecule has 0 radical (unpaired) electrons. The summed E-state index contributed by atoms with van der Waals surface area (Å²) in [7, 11) is 0. The van der Waals surface area contributed by atoms with Crippen molar-refractivity contribution >= 4 is 17.7 Å². The molecule has 7 nitrogen and oxygen atoms in total. The molecule has 0 aliphatic carbocycles. The van der Waals surface area contributed by atoms with Crippen LogP contribution in [0.4, 0.5) is 5.69 Å². The van der Waals surface area contributed by atoms with Gasteiger partial charge in [-0.2, -0.15) is 0 Å². The highest BCUT2D eigenvalue weighted by Gasteiger charge is 2.18. The molecule has 7 heteroatoms. The van der Waals surface area contributed by atoms with Gasteiger partial charge in [0, 0.05) is 49.5 Å². The Balaban J connectivity index is 1.35. The zero-order valence-electron chi connectivity index (χ0n) is 16.0. The maximum absolute atomic E-state index is 12.6. The van der Waals surface area contributed by atoms with Gasteiger partial charge < -0.3 is 15.5 Å². The number of hydrogen-bond donors (Lipinski definition) is 2. The summed E-state index contributed by atoms with van der Waals surface area (Å²) in [6, 6.07) is 13.8. The van der Waals surface area contributed by atoms with Gasteiger partial charge >= 0.3 is 0 Å². The number of nitrogens with one attached hydrogen (secondary N) is 2. The molecule has 1 saturated heterocycles. The van der Waals surface area contributed by atoms with Crippen molar-refractivity contribution in [2.24, 2.45) is 0 Å². The number of anilines is 1. The minimum atomic E-state index is 0.0769. The second-order valence-electron chi connectivity index (χ2n) is 7.22. The molecule has 0 spiro atoms. The van der Waals surface area contributed by atoms with Crippen LogP contribution in [0, 0.1) is 0 Å². The fourth-order valence-corrected chi connectivity index (χ4v) is 3.71. The molecule has 2 aliphatic rings. The number of benzene rings is 2. The number of fused-ring (bicyclic) bond motifs is 1. The van der Waals surface area contributed by atoms with E-state index in [2.05, 4.69) is 51.3 Å². The molecular formula is C22H22N6O. The topological polar surface area (TPSA) is 75.1 Å². The van der Waals surface area contributed by atoms with Crippen LogP contribution in [0.5, 0.6) is 0 Å². The van der Waals surface area contributed by atoms with E-state index in [-0.39, 0.29) is 5.91 Å². The van der Waals surface area contributed by atoms with Crippen LogP contribution in [0.3, 0.4) is 0 Å². The lowest BCUT2D eigenvalue weighted by atomic mass is 10.0. The van der Waals surface area contributed by atoms with E-state index in [1.54, 1.807) is 4.68 Å². The predicted molar refractivity (Wildman–Crippen MR) is 113 cm³/mol. The summed E-state index contributed by atoms with van der Waals surface area (Å²) in [5, 5.41) is 15.2. The zero-order chi connectivity index (χ0) is 19.6. The molecule has 2 N–H and O–H groups in total. The van der Waals surface area contributed by atoms with Crippen molar-refractivity contribution in [3.8, 4) is 16.9 Å². The van der Waals surface area contributed by atoms with E-state index in [1.807, 2.05) is 35.4 Å². The summed E-state index contributed by atoms with van der Waals surface area (Å²) in [5.41, 5.74) is 5.69. The number of carbonyl (C=O) groups is 1. The van der Waals surface area contributed by atoms with E-state index in [1.165, 1.54) is 0 Å². The van der Waals surface area contributed by atoms with Crippen molar-refractivity contribution < 1.29 is 4.79 Å². The van der Waals surface area contributed by atoms with E-state index < -0.39 is 0 Å². The molecule has 1 amide bonds. The first kappa shape index (κ1) is 17.6. The number of hydrogen-bond acceptors (Lipinski definition) is 5. The summed E-state index contributed by atoms with van der Waals surface area (Å²) in [6.45, 7) is 4.05. The lowest BCUT2D eigenvalue weighted by Crippen LogP contribution is -2.46. The predicted octanol–water partition coefficient (Wildman–Crippen LogP) is 2.42. The lowest BCUT2D eigenvalue weighted by molar-refractivity contribution is 0.0736. The third-order valence-electron chi connectivity index (χ3n) is 5.33. The summed E-state index contributed by atoms with van der Waals surface area (Å²) < 4.78 is 1.74. The Morgan fingerprint density at radius 2 is 1.86 bits per heavy atom. The molecule has 0 saturated carbocycles. The minimum absolute atomic E-state index is 0.0769. The van der Waals surface area contributed by atoms with Crippen molar-refractivity contribution in [1.29, 1.82) is 0 Å². The fraction of sp³-hybridized carbons (Fsp3) is 0.227. The van der Waals surface area contributed by atoms with Crippen LogP contribution in [0.2, 0.25) is 0 Å². The van der Waals surface area contributed by atoms with Crippen molar-refractivity contribution in [3.63, 3.8) is 0 Å². The summed E-state index contributed by atoms with van der Waals surface area (Å²) in [4.78, 5) is 14.5. The Morgan fingerprint density at radius 1 is 1.03 bits per heavy atom. The van der Waals surface area contributed by atoms with Gasteiger partial charge in [-0.1, -0.05) is 23.4 Å². The average Bonchev–Trinajstić information content (AvgIpc) is 3.29. The number of aromatic nitrogens is 3. The normalized spacial score (nSPS) is 15.7. The van der Waals surface area contributed by atoms with Gasteiger partial charge in [-0.3, -0.25) is 4.79 Å². The number of rotatable bonds is 3. The molecule has 29 heavy (non-hydrogen) atoms. The van der Waals surface area contributed by atoms with E-state index in [0.29, 0.717) is 5.56 Å². The third-order valence-corrected chi connectivity index (χ3v) is 5.33. The van der Waals surface area contributed by atoms with Gasteiger partial charge in [0.25, 0.3) is 5.91 Å². The molecule has 0 unspecified atom stereocenters. The summed E-state index contributed by atoms with van der Waals surface area (Å²) in [5.74, 6) is 0.0769. The van der Waals surface area contributed by atoms with Gasteiger partial charge in [-0.05, 0) is 42.0 Å². The minimum Gasteiger partial charge on any atom is -0.381 e. The molecule has 5 rings (SSSR count). The van der Waals surface area contributed by atoms with Crippen LogP contribution in [0.15, 0.2) is 54.7 Å². The van der Waals surface area contributed by atoms with E-state index >= 15 is 0 Å². The van der Waals surface area contributed by atoms with Gasteiger partial charge in [0.2, 0.25) is 0 Å². The second kappa shape index (κ2) is 7.52. The third kappa shape index (κ3) is 3.52. The smallest absolute Gasteiger partial charge is 0.253 e. The van der Waals surface area contributed by atoms with Gasteiger partial charge in [0.15, 0.2) is 0 Å². The van der Waals surface area contributed by atoms with E-state index in [0.717, 1.165) is 60.9 Å². The molecule has 1 aromatic heterocycles. The highest BCUT2D eigenvalue weighted by atomic mass is 16.2. The first-order chi connectivity index (χ1) is 14.3. The van der Waals surface area contributed by atoms with Crippen molar-refractivity contribution in [3.05, 3.63) is 65.9 Å². The Kier molecular flexibility index (Phi) is 4.57. The Morgan fingerprint density at radius 3 is 2.69 bits per heavy atom. The first-order valence-corrected chi connectivity index (χ1v) is 9.85. The standard InChI is InChI=1S/C22H22N6O/c29-22(27-12-10-23-11-13-27)16-3-6-19(7-4-16)28-15-21(25-26-28)18-5-8-20-17(14-18)2-1-9-24-20/h1-8,14-15,23-24H,9-13H2. The highest BCUT2D eigenvalue weighted by molar-refractivity contribution is 5.94. The van der Waals surface area contributed by atoms with Gasteiger partial charge in [0.1, 0.15) is 5.69 Å². The number of piperazine rings is 1. The molecule has 0 bridgehead atoms. The number of carbonyl (C=O) groups excluding carboxylic acids is 1. The monoisotopic (exact) mass is 386 g/mol. The molecular weight excluding hydrogens is 364 g/mol. The van der Waals surface area contributed by atoms with Gasteiger partial charge in [-0.25, -0.2) is 4.68 Å². The van der Waals surface area contributed by atoms with Gasteiger partial charge in [-0.15, -0.1) is 5.10 Å². The largest absolute Gasteiger partial charge is 0.381 e. The van der Waals surface area contributed by atoms with Crippen molar-refractivity contribution in [2.45, 2.75) is 0 Å². The maximum atomic E-state index is 12.6. The lowest BCUT2D eigenvalue weighted by Gasteiger charge is -2.27. The molecule has 3 aromatic rings. The Labute approximate surface area is 169 Å². The summed E-state index contributed by atoms with van der Waals surface area (Å²) >= 11 is 0. The van der Waals surface area contributed by atoms with Crippen LogP contribution in [-0.4, -0.2) is 58.5 Å². The summed E-state index contributed by atoms with van der Waals surface area (Å²) in [6.07, 6.45) is 6.13. The SMILES string of the molecule is O=C(c1ccc(-n2cc(-c3ccc4c(c3)C=CCN4)nn2)cc1)N1CCNCC1. The Bertz CT molecular complexity index is 1060. The fourth-order valence-electron chi connectivity index (χ4n) is 3.71. The first-order valence-electron chi connectivity index (χ1n) is 9.85. The average molecular weight is 386 g/mol. The van der Waals surface area contributed by atoms with Crippen molar-refractivity contribution in [1.82, 2.24) is 25.2 Å².